The maximum Gasteiger partial charge on any atom is 0.123 e. The lowest BCUT2D eigenvalue weighted by atomic mass is 10.1. The molecule has 3 heteroatoms. The van der Waals surface area contributed by atoms with Gasteiger partial charge in [-0.05, 0) is 71.6 Å². The first-order valence-electron chi connectivity index (χ1n) is 8.86. The van der Waals surface area contributed by atoms with Crippen molar-refractivity contribution in [3.8, 4) is 17.0 Å². The van der Waals surface area contributed by atoms with E-state index in [1.807, 2.05) is 31.2 Å². The molecule has 0 amide bonds. The van der Waals surface area contributed by atoms with E-state index in [-0.39, 0.29) is 11.6 Å². The molecule has 0 saturated heterocycles. The monoisotopic (exact) mass is 357 g/mol. The Morgan fingerprint density at radius 3 is 2.37 bits per heavy atom. The highest BCUT2D eigenvalue weighted by molar-refractivity contribution is 5.92. The first-order valence-corrected chi connectivity index (χ1v) is 8.86. The molecule has 0 spiro atoms. The van der Waals surface area contributed by atoms with Gasteiger partial charge in [0.05, 0.1) is 5.69 Å². The molecule has 1 N–H and O–H groups in total. The summed E-state index contributed by atoms with van der Waals surface area (Å²) in [5, 5.41) is 10.9. The molecule has 0 unspecified atom stereocenters. The Labute approximate surface area is 157 Å². The van der Waals surface area contributed by atoms with E-state index in [0.29, 0.717) is 6.54 Å². The lowest BCUT2D eigenvalue weighted by Gasteiger charge is -2.13. The molecular formula is C24H20FNO. The zero-order valence-electron chi connectivity index (χ0n) is 15.1. The third-order valence-electron chi connectivity index (χ3n) is 4.97. The van der Waals surface area contributed by atoms with Crippen LogP contribution in [-0.2, 0) is 6.54 Å². The number of phenols is 1. The highest BCUT2D eigenvalue weighted by Gasteiger charge is 2.16. The molecule has 4 aromatic rings. The third-order valence-corrected chi connectivity index (χ3v) is 4.97. The summed E-state index contributed by atoms with van der Waals surface area (Å²) in [6.07, 6.45) is 1.83. The average Bonchev–Trinajstić information content (AvgIpc) is 2.94. The molecule has 0 bridgehead atoms. The van der Waals surface area contributed by atoms with Gasteiger partial charge in [0.2, 0.25) is 0 Å². The molecule has 134 valence electrons. The maximum absolute atomic E-state index is 13.4. The number of rotatable bonds is 4. The van der Waals surface area contributed by atoms with Crippen molar-refractivity contribution in [2.24, 2.45) is 0 Å². The van der Waals surface area contributed by atoms with Crippen molar-refractivity contribution in [1.82, 2.24) is 4.57 Å². The topological polar surface area (TPSA) is 25.2 Å². The number of aryl methyl sites for hydroxylation is 1. The van der Waals surface area contributed by atoms with Crippen LogP contribution in [0.25, 0.3) is 28.2 Å². The normalized spacial score (nSPS) is 11.0. The van der Waals surface area contributed by atoms with Gasteiger partial charge in [-0.2, -0.15) is 0 Å². The van der Waals surface area contributed by atoms with Gasteiger partial charge < -0.3 is 9.67 Å². The van der Waals surface area contributed by atoms with Gasteiger partial charge in [-0.3, -0.25) is 0 Å². The smallest absolute Gasteiger partial charge is 0.123 e. The Morgan fingerprint density at radius 2 is 1.70 bits per heavy atom. The second-order valence-corrected chi connectivity index (χ2v) is 6.71. The average molecular weight is 357 g/mol. The highest BCUT2D eigenvalue weighted by Crippen LogP contribution is 2.35. The zero-order chi connectivity index (χ0) is 19.0. The molecule has 1 heterocycles. The number of halogens is 1. The van der Waals surface area contributed by atoms with Gasteiger partial charge in [0.1, 0.15) is 11.6 Å². The first-order chi connectivity index (χ1) is 13.1. The van der Waals surface area contributed by atoms with Gasteiger partial charge in [0, 0.05) is 17.4 Å². The minimum absolute atomic E-state index is 0.240. The molecule has 3 aromatic carbocycles. The van der Waals surface area contributed by atoms with Crippen molar-refractivity contribution >= 4 is 17.0 Å². The summed E-state index contributed by atoms with van der Waals surface area (Å²) in [4.78, 5) is 0. The van der Waals surface area contributed by atoms with Crippen molar-refractivity contribution in [3.05, 3.63) is 95.8 Å². The molecule has 0 atom stereocenters. The van der Waals surface area contributed by atoms with E-state index >= 15 is 0 Å². The second kappa shape index (κ2) is 6.76. The van der Waals surface area contributed by atoms with Crippen LogP contribution in [0.3, 0.4) is 0 Å². The Morgan fingerprint density at radius 1 is 1.00 bits per heavy atom. The van der Waals surface area contributed by atoms with Crippen LogP contribution < -0.4 is 0 Å². The van der Waals surface area contributed by atoms with Crippen molar-refractivity contribution in [3.63, 3.8) is 0 Å². The number of aromatic hydroxyl groups is 1. The standard InChI is InChI=1S/C24H20FNO/c1-3-17-4-6-18(7-5-17)15-26-23-13-12-21(27)14-22(23)16(2)24(26)19-8-10-20(25)11-9-19/h3-14,27H,1,15H2,2H3. The fraction of sp³-hybridized carbons (Fsp3) is 0.0833. The fourth-order valence-electron chi connectivity index (χ4n) is 3.60. The van der Waals surface area contributed by atoms with Gasteiger partial charge in [-0.15, -0.1) is 0 Å². The lowest BCUT2D eigenvalue weighted by Crippen LogP contribution is -2.02. The Kier molecular flexibility index (Phi) is 4.28. The zero-order valence-corrected chi connectivity index (χ0v) is 15.1. The van der Waals surface area contributed by atoms with E-state index in [1.54, 1.807) is 24.3 Å². The van der Waals surface area contributed by atoms with Crippen molar-refractivity contribution in [1.29, 1.82) is 0 Å². The largest absolute Gasteiger partial charge is 0.508 e. The molecule has 0 fully saturated rings. The van der Waals surface area contributed by atoms with Crippen LogP contribution in [0.15, 0.2) is 73.3 Å². The van der Waals surface area contributed by atoms with Crippen LogP contribution in [0, 0.1) is 12.7 Å². The van der Waals surface area contributed by atoms with E-state index in [2.05, 4.69) is 23.3 Å². The molecule has 1 aromatic heterocycles. The summed E-state index contributed by atoms with van der Waals surface area (Å²) in [6, 6.07) is 20.3. The van der Waals surface area contributed by atoms with Crippen LogP contribution >= 0.6 is 0 Å². The Hall–Kier alpha value is -3.33. The number of benzene rings is 3. The molecule has 0 aliphatic rings. The van der Waals surface area contributed by atoms with E-state index in [1.165, 1.54) is 12.1 Å². The number of fused-ring (bicyclic) bond motifs is 1. The van der Waals surface area contributed by atoms with Gasteiger partial charge in [0.25, 0.3) is 0 Å². The summed E-state index contributed by atoms with van der Waals surface area (Å²) in [6.45, 7) is 6.52. The summed E-state index contributed by atoms with van der Waals surface area (Å²) in [7, 11) is 0. The third kappa shape index (κ3) is 3.13. The quantitative estimate of drug-likeness (QED) is 0.465. The minimum atomic E-state index is -0.253. The van der Waals surface area contributed by atoms with Crippen LogP contribution in [-0.4, -0.2) is 9.67 Å². The van der Waals surface area contributed by atoms with Crippen LogP contribution in [0.5, 0.6) is 5.75 Å². The second-order valence-electron chi connectivity index (χ2n) is 6.71. The molecule has 0 aliphatic carbocycles. The van der Waals surface area contributed by atoms with Gasteiger partial charge in [-0.25, -0.2) is 4.39 Å². The van der Waals surface area contributed by atoms with Crippen LogP contribution in [0.2, 0.25) is 0 Å². The van der Waals surface area contributed by atoms with E-state index in [0.717, 1.165) is 38.9 Å². The molecule has 4 rings (SSSR count). The number of hydrogen-bond acceptors (Lipinski definition) is 1. The van der Waals surface area contributed by atoms with E-state index in [9.17, 15) is 9.50 Å². The number of aromatic nitrogens is 1. The summed E-state index contributed by atoms with van der Waals surface area (Å²) in [5.74, 6) is -0.0135. The SMILES string of the molecule is C=Cc1ccc(Cn2c(-c3ccc(F)cc3)c(C)c3cc(O)ccc32)cc1. The predicted molar refractivity (Wildman–Crippen MR) is 109 cm³/mol. The molecule has 0 aliphatic heterocycles. The fourth-order valence-corrected chi connectivity index (χ4v) is 3.60. The maximum atomic E-state index is 13.4. The number of phenolic OH excluding ortho intramolecular Hbond substituents is 1. The molecule has 2 nitrogen and oxygen atoms in total. The summed E-state index contributed by atoms with van der Waals surface area (Å²) in [5.41, 5.74) is 6.33. The van der Waals surface area contributed by atoms with Crippen molar-refractivity contribution in [2.75, 3.05) is 0 Å². The minimum Gasteiger partial charge on any atom is -0.508 e. The molecule has 27 heavy (non-hydrogen) atoms. The Balaban J connectivity index is 1.91. The highest BCUT2D eigenvalue weighted by atomic mass is 19.1. The number of nitrogens with zero attached hydrogens (tertiary/aromatic N) is 1. The summed E-state index contributed by atoms with van der Waals surface area (Å²) >= 11 is 0. The molecular weight excluding hydrogens is 337 g/mol. The molecule has 0 radical (unpaired) electrons. The van der Waals surface area contributed by atoms with Gasteiger partial charge in [0.15, 0.2) is 0 Å². The van der Waals surface area contributed by atoms with Gasteiger partial charge in [-0.1, -0.05) is 36.9 Å². The number of hydrogen-bond donors (Lipinski definition) is 1. The van der Waals surface area contributed by atoms with E-state index < -0.39 is 0 Å². The summed E-state index contributed by atoms with van der Waals surface area (Å²) < 4.78 is 15.7. The van der Waals surface area contributed by atoms with E-state index in [4.69, 9.17) is 0 Å². The van der Waals surface area contributed by atoms with Crippen molar-refractivity contribution < 1.29 is 9.50 Å². The predicted octanol–water partition coefficient (Wildman–Crippen LogP) is 6.15. The van der Waals surface area contributed by atoms with Crippen LogP contribution in [0.4, 0.5) is 4.39 Å². The van der Waals surface area contributed by atoms with Crippen molar-refractivity contribution in [2.45, 2.75) is 13.5 Å². The molecule has 0 saturated carbocycles. The first kappa shape index (κ1) is 17.1. The Bertz CT molecular complexity index is 1120. The van der Waals surface area contributed by atoms with Gasteiger partial charge >= 0.3 is 0 Å². The van der Waals surface area contributed by atoms with Crippen LogP contribution in [0.1, 0.15) is 16.7 Å². The lowest BCUT2D eigenvalue weighted by molar-refractivity contribution is 0.476.